The lowest BCUT2D eigenvalue weighted by atomic mass is 10.2. The summed E-state index contributed by atoms with van der Waals surface area (Å²) < 4.78 is 21.2. The normalized spacial score (nSPS) is 11.9. The molecule has 0 aromatic carbocycles. The number of unbranched alkanes of at least 4 members (excludes halogenated alkanes) is 3. The highest BCUT2D eigenvalue weighted by Crippen LogP contribution is 2.17. The number of hydrogen-bond acceptors (Lipinski definition) is 5. The molecule has 0 atom stereocenters. The van der Waals surface area contributed by atoms with Crippen molar-refractivity contribution >= 4 is 14.8 Å². The lowest BCUT2D eigenvalue weighted by Gasteiger charge is -2.24. The minimum Gasteiger partial charge on any atom is -0.465 e. The SMILES string of the molecule is CO[Si](CCCCCCOC(=O)C(C)C)(OC)OC. The highest BCUT2D eigenvalue weighted by Gasteiger charge is 2.36. The Morgan fingerprint density at radius 1 is 0.947 bits per heavy atom. The monoisotopic (exact) mass is 292 g/mol. The predicted octanol–water partition coefficient (Wildman–Crippen LogP) is 2.62. The quantitative estimate of drug-likeness (QED) is 0.333. The van der Waals surface area contributed by atoms with Crippen molar-refractivity contribution < 1.29 is 22.8 Å². The summed E-state index contributed by atoms with van der Waals surface area (Å²) in [6, 6.07) is 0.822. The van der Waals surface area contributed by atoms with Gasteiger partial charge < -0.3 is 18.0 Å². The Balaban J connectivity index is 3.57. The van der Waals surface area contributed by atoms with Crippen LogP contribution in [0.15, 0.2) is 0 Å². The predicted molar refractivity (Wildman–Crippen MR) is 75.9 cm³/mol. The Kier molecular flexibility index (Phi) is 10.1. The Bertz CT molecular complexity index is 233. The summed E-state index contributed by atoms with van der Waals surface area (Å²) in [6.45, 7) is 4.19. The average Bonchev–Trinajstić information content (AvgIpc) is 2.42. The molecule has 0 aromatic rings. The molecule has 0 N–H and O–H groups in total. The summed E-state index contributed by atoms with van der Waals surface area (Å²) >= 11 is 0. The van der Waals surface area contributed by atoms with Crippen molar-refractivity contribution in [3.63, 3.8) is 0 Å². The van der Waals surface area contributed by atoms with E-state index in [1.54, 1.807) is 21.3 Å². The van der Waals surface area contributed by atoms with E-state index < -0.39 is 8.80 Å². The van der Waals surface area contributed by atoms with Crippen LogP contribution in [0.3, 0.4) is 0 Å². The van der Waals surface area contributed by atoms with Crippen LogP contribution in [0.1, 0.15) is 39.5 Å². The van der Waals surface area contributed by atoms with Crippen LogP contribution in [0.2, 0.25) is 6.04 Å². The van der Waals surface area contributed by atoms with E-state index in [0.29, 0.717) is 6.61 Å². The zero-order valence-electron chi connectivity index (χ0n) is 12.9. The fourth-order valence-corrected chi connectivity index (χ4v) is 3.49. The second-order valence-electron chi connectivity index (χ2n) is 4.78. The van der Waals surface area contributed by atoms with E-state index in [1.165, 1.54) is 0 Å². The molecule has 0 rings (SSSR count). The third-order valence-corrected chi connectivity index (χ3v) is 5.86. The molecular formula is C13H28O5Si. The van der Waals surface area contributed by atoms with Crippen LogP contribution >= 0.6 is 0 Å². The minimum atomic E-state index is -2.40. The molecule has 0 radical (unpaired) electrons. The molecule has 0 bridgehead atoms. The van der Waals surface area contributed by atoms with Crippen molar-refractivity contribution in [3.05, 3.63) is 0 Å². The number of rotatable bonds is 11. The second-order valence-corrected chi connectivity index (χ2v) is 7.87. The molecule has 0 saturated carbocycles. The molecule has 0 saturated heterocycles. The van der Waals surface area contributed by atoms with Gasteiger partial charge in [-0.1, -0.05) is 26.7 Å². The molecule has 114 valence electrons. The third kappa shape index (κ3) is 7.66. The number of esters is 1. The first-order valence-corrected chi connectivity index (χ1v) is 8.76. The van der Waals surface area contributed by atoms with Crippen LogP contribution in [0.25, 0.3) is 0 Å². The summed E-state index contributed by atoms with van der Waals surface area (Å²) in [4.78, 5) is 11.2. The first-order chi connectivity index (χ1) is 9.01. The summed E-state index contributed by atoms with van der Waals surface area (Å²) in [7, 11) is 2.48. The topological polar surface area (TPSA) is 54.0 Å². The van der Waals surface area contributed by atoms with Gasteiger partial charge in [-0.25, -0.2) is 0 Å². The number of carbonyl (C=O) groups is 1. The Morgan fingerprint density at radius 3 is 1.95 bits per heavy atom. The maximum absolute atomic E-state index is 11.2. The molecular weight excluding hydrogens is 264 g/mol. The summed E-state index contributed by atoms with van der Waals surface area (Å²) in [5.74, 6) is -0.165. The van der Waals surface area contributed by atoms with Crippen molar-refractivity contribution in [2.45, 2.75) is 45.6 Å². The molecule has 0 fully saturated rings. The number of carbonyl (C=O) groups excluding carboxylic acids is 1. The van der Waals surface area contributed by atoms with Crippen LogP contribution in [0.5, 0.6) is 0 Å². The zero-order chi connectivity index (χ0) is 14.7. The van der Waals surface area contributed by atoms with Crippen molar-refractivity contribution in [2.24, 2.45) is 5.92 Å². The Morgan fingerprint density at radius 2 is 1.47 bits per heavy atom. The van der Waals surface area contributed by atoms with Crippen molar-refractivity contribution in [3.8, 4) is 0 Å². The van der Waals surface area contributed by atoms with Crippen LogP contribution in [-0.2, 0) is 22.8 Å². The molecule has 6 heteroatoms. The standard InChI is InChI=1S/C13H28O5Si/c1-12(2)13(14)18-10-8-6-7-9-11-19(15-3,16-4)17-5/h12H,6-11H2,1-5H3. The summed E-state index contributed by atoms with van der Waals surface area (Å²) in [5, 5.41) is 0. The molecule has 5 nitrogen and oxygen atoms in total. The number of hydrogen-bond donors (Lipinski definition) is 0. The van der Waals surface area contributed by atoms with Gasteiger partial charge in [-0.15, -0.1) is 0 Å². The molecule has 19 heavy (non-hydrogen) atoms. The average molecular weight is 292 g/mol. The molecule has 0 aromatic heterocycles. The largest absolute Gasteiger partial charge is 0.500 e. The maximum Gasteiger partial charge on any atom is 0.500 e. The third-order valence-electron chi connectivity index (χ3n) is 3.03. The van der Waals surface area contributed by atoms with E-state index in [0.717, 1.165) is 31.7 Å². The summed E-state index contributed by atoms with van der Waals surface area (Å²) in [6.07, 6.45) is 4.00. The van der Waals surface area contributed by atoms with Crippen LogP contribution < -0.4 is 0 Å². The number of ether oxygens (including phenoxy) is 1. The van der Waals surface area contributed by atoms with Gasteiger partial charge in [-0.2, -0.15) is 0 Å². The molecule has 0 heterocycles. The molecule has 0 aliphatic heterocycles. The molecule has 0 spiro atoms. The first-order valence-electron chi connectivity index (χ1n) is 6.83. The molecule has 0 amide bonds. The lowest BCUT2D eigenvalue weighted by molar-refractivity contribution is -0.147. The van der Waals surface area contributed by atoms with Crippen molar-refractivity contribution in [1.82, 2.24) is 0 Å². The van der Waals surface area contributed by atoms with Gasteiger partial charge in [-0.05, 0) is 12.8 Å². The van der Waals surface area contributed by atoms with E-state index in [-0.39, 0.29) is 11.9 Å². The van der Waals surface area contributed by atoms with E-state index >= 15 is 0 Å². The summed E-state index contributed by atoms with van der Waals surface area (Å²) in [5.41, 5.74) is 0. The van der Waals surface area contributed by atoms with Gasteiger partial charge in [0.25, 0.3) is 0 Å². The van der Waals surface area contributed by atoms with Gasteiger partial charge in [-0.3, -0.25) is 4.79 Å². The van der Waals surface area contributed by atoms with Gasteiger partial charge in [0.05, 0.1) is 12.5 Å². The van der Waals surface area contributed by atoms with Gasteiger partial charge in [0.1, 0.15) is 0 Å². The van der Waals surface area contributed by atoms with Crippen LogP contribution in [-0.4, -0.2) is 42.7 Å². The van der Waals surface area contributed by atoms with E-state index in [9.17, 15) is 4.79 Å². The van der Waals surface area contributed by atoms with E-state index in [1.807, 2.05) is 13.8 Å². The van der Waals surface area contributed by atoms with Crippen molar-refractivity contribution in [2.75, 3.05) is 27.9 Å². The van der Waals surface area contributed by atoms with Crippen LogP contribution in [0.4, 0.5) is 0 Å². The van der Waals surface area contributed by atoms with Gasteiger partial charge in [0.15, 0.2) is 0 Å². The van der Waals surface area contributed by atoms with Gasteiger partial charge in [0, 0.05) is 27.4 Å². The Hall–Kier alpha value is -0.433. The lowest BCUT2D eigenvalue weighted by Crippen LogP contribution is -2.42. The highest BCUT2D eigenvalue weighted by atomic mass is 28.4. The smallest absolute Gasteiger partial charge is 0.465 e. The molecule has 0 aliphatic rings. The highest BCUT2D eigenvalue weighted by molar-refractivity contribution is 6.60. The van der Waals surface area contributed by atoms with Crippen LogP contribution in [0, 0.1) is 5.92 Å². The maximum atomic E-state index is 11.2. The van der Waals surface area contributed by atoms with E-state index in [2.05, 4.69) is 0 Å². The molecule has 0 unspecified atom stereocenters. The minimum absolute atomic E-state index is 0.0447. The van der Waals surface area contributed by atoms with Gasteiger partial charge >= 0.3 is 14.8 Å². The second kappa shape index (κ2) is 10.4. The van der Waals surface area contributed by atoms with Crippen molar-refractivity contribution in [1.29, 1.82) is 0 Å². The zero-order valence-corrected chi connectivity index (χ0v) is 13.9. The fourth-order valence-electron chi connectivity index (χ4n) is 1.69. The Labute approximate surface area is 117 Å². The fraction of sp³-hybridized carbons (Fsp3) is 0.923. The molecule has 0 aliphatic carbocycles. The van der Waals surface area contributed by atoms with E-state index in [4.69, 9.17) is 18.0 Å². The first kappa shape index (κ1) is 18.6. The van der Waals surface area contributed by atoms with Gasteiger partial charge in [0.2, 0.25) is 0 Å².